The van der Waals surface area contributed by atoms with Crippen LogP contribution in [-0.2, 0) is 4.79 Å². The lowest BCUT2D eigenvalue weighted by atomic mass is 10.1. The first-order valence-electron chi connectivity index (χ1n) is 7.45. The van der Waals surface area contributed by atoms with Gasteiger partial charge < -0.3 is 10.2 Å². The van der Waals surface area contributed by atoms with Gasteiger partial charge in [0.05, 0.1) is 5.56 Å². The molecule has 1 amide bonds. The second kappa shape index (κ2) is 7.45. The predicted molar refractivity (Wildman–Crippen MR) is 78.6 cm³/mol. The van der Waals surface area contributed by atoms with Crippen molar-refractivity contribution in [1.82, 2.24) is 10.2 Å². The van der Waals surface area contributed by atoms with E-state index in [1.54, 1.807) is 4.90 Å². The van der Waals surface area contributed by atoms with E-state index in [2.05, 4.69) is 5.32 Å². The molecule has 0 aromatic heterocycles. The third-order valence-electron chi connectivity index (χ3n) is 3.93. The van der Waals surface area contributed by atoms with Crippen LogP contribution in [0.1, 0.15) is 36.0 Å². The van der Waals surface area contributed by atoms with E-state index in [0.717, 1.165) is 31.5 Å². The topological polar surface area (TPSA) is 49.4 Å². The van der Waals surface area contributed by atoms with Gasteiger partial charge in [0.2, 0.25) is 5.91 Å². The first kappa shape index (κ1) is 16.5. The molecule has 4 nitrogen and oxygen atoms in total. The lowest BCUT2D eigenvalue weighted by molar-refractivity contribution is -0.131. The van der Waals surface area contributed by atoms with Crippen LogP contribution in [0.25, 0.3) is 0 Å². The molecule has 0 bridgehead atoms. The standard InChI is InChI=1S/C16H20F2N2O2/c1-19-10-12-3-2-8-20(12)16(22)7-6-15(21)13-5-4-11(17)9-14(13)18/h4-5,9,12,19H,2-3,6-8,10H2,1H3. The van der Waals surface area contributed by atoms with E-state index < -0.39 is 17.4 Å². The summed E-state index contributed by atoms with van der Waals surface area (Å²) < 4.78 is 26.4. The van der Waals surface area contributed by atoms with Crippen molar-refractivity contribution in [2.75, 3.05) is 20.1 Å². The summed E-state index contributed by atoms with van der Waals surface area (Å²) in [4.78, 5) is 25.9. The van der Waals surface area contributed by atoms with Gasteiger partial charge in [-0.25, -0.2) is 8.78 Å². The zero-order valence-electron chi connectivity index (χ0n) is 12.6. The Hall–Kier alpha value is -1.82. The fourth-order valence-electron chi connectivity index (χ4n) is 2.83. The smallest absolute Gasteiger partial charge is 0.223 e. The van der Waals surface area contributed by atoms with E-state index in [9.17, 15) is 18.4 Å². The average molecular weight is 310 g/mol. The highest BCUT2D eigenvalue weighted by molar-refractivity contribution is 5.98. The quantitative estimate of drug-likeness (QED) is 0.819. The highest BCUT2D eigenvalue weighted by Gasteiger charge is 2.28. The highest BCUT2D eigenvalue weighted by Crippen LogP contribution is 2.19. The Labute approximate surface area is 128 Å². The maximum Gasteiger partial charge on any atom is 0.223 e. The summed E-state index contributed by atoms with van der Waals surface area (Å²) in [7, 11) is 1.84. The molecule has 0 spiro atoms. The van der Waals surface area contributed by atoms with Crippen molar-refractivity contribution in [1.29, 1.82) is 0 Å². The molecule has 1 aromatic carbocycles. The van der Waals surface area contributed by atoms with Crippen molar-refractivity contribution in [3.05, 3.63) is 35.4 Å². The van der Waals surface area contributed by atoms with E-state index in [1.165, 1.54) is 0 Å². The second-order valence-electron chi connectivity index (χ2n) is 5.49. The number of likely N-dealkylation sites (tertiary alicyclic amines) is 1. The molecule has 120 valence electrons. The van der Waals surface area contributed by atoms with Crippen molar-refractivity contribution >= 4 is 11.7 Å². The molecule has 1 heterocycles. The maximum atomic E-state index is 13.5. The summed E-state index contributed by atoms with van der Waals surface area (Å²) in [5.74, 6) is -2.17. The number of benzene rings is 1. The number of carbonyl (C=O) groups excluding carboxylic acids is 2. The molecule has 1 aliphatic rings. The van der Waals surface area contributed by atoms with Crippen LogP contribution < -0.4 is 5.32 Å². The molecule has 1 aromatic rings. The number of likely N-dealkylation sites (N-methyl/N-ethyl adjacent to an activating group) is 1. The van der Waals surface area contributed by atoms with Crippen LogP contribution >= 0.6 is 0 Å². The van der Waals surface area contributed by atoms with E-state index >= 15 is 0 Å². The minimum Gasteiger partial charge on any atom is -0.338 e. The van der Waals surface area contributed by atoms with Crippen LogP contribution in [0.4, 0.5) is 8.78 Å². The van der Waals surface area contributed by atoms with Gasteiger partial charge in [0.15, 0.2) is 5.78 Å². The number of carbonyl (C=O) groups is 2. The number of hydrogen-bond donors (Lipinski definition) is 1. The molecule has 22 heavy (non-hydrogen) atoms. The number of rotatable bonds is 6. The van der Waals surface area contributed by atoms with E-state index in [-0.39, 0.29) is 30.4 Å². The molecular weight excluding hydrogens is 290 g/mol. The molecule has 0 aliphatic carbocycles. The normalized spacial score (nSPS) is 17.8. The SMILES string of the molecule is CNCC1CCCN1C(=O)CCC(=O)c1ccc(F)cc1F. The number of Topliss-reactive ketones (excluding diaryl/α,β-unsaturated/α-hetero) is 1. The zero-order chi connectivity index (χ0) is 16.1. The number of nitrogens with one attached hydrogen (secondary N) is 1. The van der Waals surface area contributed by atoms with Crippen LogP contribution in [0.3, 0.4) is 0 Å². The minimum absolute atomic E-state index is 0.0515. The Kier molecular flexibility index (Phi) is 5.60. The maximum absolute atomic E-state index is 13.5. The molecule has 2 rings (SSSR count). The van der Waals surface area contributed by atoms with Crippen LogP contribution in [0.5, 0.6) is 0 Å². The van der Waals surface area contributed by atoms with Gasteiger partial charge in [-0.15, -0.1) is 0 Å². The Morgan fingerprint density at radius 1 is 1.32 bits per heavy atom. The molecule has 6 heteroatoms. The van der Waals surface area contributed by atoms with Crippen molar-refractivity contribution in [3.8, 4) is 0 Å². The van der Waals surface area contributed by atoms with Gasteiger partial charge in [-0.3, -0.25) is 9.59 Å². The van der Waals surface area contributed by atoms with Crippen molar-refractivity contribution in [2.24, 2.45) is 0 Å². The highest BCUT2D eigenvalue weighted by atomic mass is 19.1. The summed E-state index contributed by atoms with van der Waals surface area (Å²) in [5, 5.41) is 3.05. The van der Waals surface area contributed by atoms with Gasteiger partial charge in [0.25, 0.3) is 0 Å². The Morgan fingerprint density at radius 3 is 2.77 bits per heavy atom. The fraction of sp³-hybridized carbons (Fsp3) is 0.500. The van der Waals surface area contributed by atoms with Crippen molar-refractivity contribution < 1.29 is 18.4 Å². The first-order chi connectivity index (χ1) is 10.5. The second-order valence-corrected chi connectivity index (χ2v) is 5.49. The van der Waals surface area contributed by atoms with E-state index in [4.69, 9.17) is 0 Å². The van der Waals surface area contributed by atoms with Crippen LogP contribution in [0, 0.1) is 11.6 Å². The molecule has 1 unspecified atom stereocenters. The van der Waals surface area contributed by atoms with Crippen molar-refractivity contribution in [3.63, 3.8) is 0 Å². The van der Waals surface area contributed by atoms with Gasteiger partial charge in [-0.05, 0) is 32.0 Å². The third kappa shape index (κ3) is 3.88. The van der Waals surface area contributed by atoms with Gasteiger partial charge in [-0.1, -0.05) is 0 Å². The monoisotopic (exact) mass is 310 g/mol. The molecule has 0 radical (unpaired) electrons. The van der Waals surface area contributed by atoms with E-state index in [0.29, 0.717) is 12.6 Å². The number of hydrogen-bond acceptors (Lipinski definition) is 3. The van der Waals surface area contributed by atoms with Gasteiger partial charge in [0.1, 0.15) is 11.6 Å². The molecule has 1 N–H and O–H groups in total. The summed E-state index contributed by atoms with van der Waals surface area (Å²) in [5.41, 5.74) is -0.164. The molecule has 1 atom stereocenters. The Morgan fingerprint density at radius 2 is 2.09 bits per heavy atom. The summed E-state index contributed by atoms with van der Waals surface area (Å²) in [6.45, 7) is 1.43. The minimum atomic E-state index is -0.883. The third-order valence-corrected chi connectivity index (χ3v) is 3.93. The molecule has 0 saturated carbocycles. The number of amides is 1. The average Bonchev–Trinajstić information content (AvgIpc) is 2.93. The lowest BCUT2D eigenvalue weighted by Crippen LogP contribution is -2.40. The Balaban J connectivity index is 1.91. The van der Waals surface area contributed by atoms with Gasteiger partial charge in [-0.2, -0.15) is 0 Å². The summed E-state index contributed by atoms with van der Waals surface area (Å²) >= 11 is 0. The van der Waals surface area contributed by atoms with E-state index in [1.807, 2.05) is 7.05 Å². The van der Waals surface area contributed by atoms with Crippen LogP contribution in [-0.4, -0.2) is 42.8 Å². The van der Waals surface area contributed by atoms with Gasteiger partial charge >= 0.3 is 0 Å². The first-order valence-corrected chi connectivity index (χ1v) is 7.45. The fourth-order valence-corrected chi connectivity index (χ4v) is 2.83. The summed E-state index contributed by atoms with van der Waals surface area (Å²) in [6.07, 6.45) is 1.89. The van der Waals surface area contributed by atoms with Crippen LogP contribution in [0.2, 0.25) is 0 Å². The number of nitrogens with zero attached hydrogens (tertiary/aromatic N) is 1. The molecule has 1 saturated heterocycles. The molecule has 1 fully saturated rings. The molecule has 1 aliphatic heterocycles. The van der Waals surface area contributed by atoms with Crippen molar-refractivity contribution in [2.45, 2.75) is 31.7 Å². The lowest BCUT2D eigenvalue weighted by Gasteiger charge is -2.24. The predicted octanol–water partition coefficient (Wildman–Crippen LogP) is 2.14. The number of halogens is 2. The largest absolute Gasteiger partial charge is 0.338 e. The number of ketones is 1. The van der Waals surface area contributed by atoms with Crippen LogP contribution in [0.15, 0.2) is 18.2 Å². The van der Waals surface area contributed by atoms with Gasteiger partial charge in [0, 0.05) is 38.0 Å². The zero-order valence-corrected chi connectivity index (χ0v) is 12.6. The summed E-state index contributed by atoms with van der Waals surface area (Å²) in [6, 6.07) is 3.01. The molecular formula is C16H20F2N2O2. The Bertz CT molecular complexity index is 563.